The molecule has 7 heteroatoms. The number of rotatable bonds is 5. The van der Waals surface area contributed by atoms with Gasteiger partial charge in [-0.05, 0) is 40.8 Å². The molecule has 2 heterocycles. The number of fused-ring (bicyclic) bond motifs is 1. The Morgan fingerprint density at radius 1 is 1.48 bits per heavy atom. The Kier molecular flexibility index (Phi) is 4.49. The Bertz CT molecular complexity index is 668. The van der Waals surface area contributed by atoms with E-state index in [0.29, 0.717) is 5.92 Å². The van der Waals surface area contributed by atoms with Crippen LogP contribution in [0.3, 0.4) is 0 Å². The zero-order valence-corrected chi connectivity index (χ0v) is 13.9. The first-order chi connectivity index (χ1) is 10.1. The molecule has 1 fully saturated rings. The highest BCUT2D eigenvalue weighted by atomic mass is 79.9. The molecule has 1 saturated carbocycles. The Hall–Kier alpha value is -1.08. The molecule has 2 aromatic heterocycles. The van der Waals surface area contributed by atoms with Crippen LogP contribution in [0.1, 0.15) is 25.7 Å². The van der Waals surface area contributed by atoms with Crippen LogP contribution in [0.4, 0.5) is 0 Å². The van der Waals surface area contributed by atoms with Gasteiger partial charge in [-0.1, -0.05) is 24.6 Å². The van der Waals surface area contributed by atoms with E-state index in [1.807, 2.05) is 6.07 Å². The molecule has 0 aliphatic heterocycles. The monoisotopic (exact) mass is 369 g/mol. The minimum atomic E-state index is -0.825. The van der Waals surface area contributed by atoms with Crippen LogP contribution >= 0.6 is 27.7 Å². The number of pyridine rings is 1. The molecule has 2 aromatic rings. The number of hydrogen-bond donors (Lipinski definition) is 1. The molecule has 3 rings (SSSR count). The van der Waals surface area contributed by atoms with Crippen molar-refractivity contribution in [3.05, 3.63) is 16.7 Å². The van der Waals surface area contributed by atoms with Gasteiger partial charge in [0.15, 0.2) is 10.8 Å². The van der Waals surface area contributed by atoms with Crippen molar-refractivity contribution < 1.29 is 9.90 Å². The SMILES string of the molecule is O=C(O)CSc1nc2cc(Br)cnc2n1CC1CCCC1. The molecule has 1 aliphatic rings. The molecule has 5 nitrogen and oxygen atoms in total. The van der Waals surface area contributed by atoms with Crippen molar-refractivity contribution in [3.8, 4) is 0 Å². The molecule has 0 aromatic carbocycles. The number of hydrogen-bond acceptors (Lipinski definition) is 4. The van der Waals surface area contributed by atoms with Crippen LogP contribution in [0.2, 0.25) is 0 Å². The predicted octanol–water partition coefficient (Wildman–Crippen LogP) is 3.56. The zero-order valence-electron chi connectivity index (χ0n) is 11.5. The summed E-state index contributed by atoms with van der Waals surface area (Å²) in [6.07, 6.45) is 6.81. The second-order valence-corrected chi connectivity index (χ2v) is 7.19. The second-order valence-electron chi connectivity index (χ2n) is 5.33. The summed E-state index contributed by atoms with van der Waals surface area (Å²) >= 11 is 4.67. The summed E-state index contributed by atoms with van der Waals surface area (Å²) in [6.45, 7) is 0.882. The first-order valence-electron chi connectivity index (χ1n) is 7.00. The highest BCUT2D eigenvalue weighted by Gasteiger charge is 2.20. The Balaban J connectivity index is 1.95. The van der Waals surface area contributed by atoms with Crippen molar-refractivity contribution in [2.75, 3.05) is 5.75 Å². The molecule has 0 bridgehead atoms. The number of imidazole rings is 1. The minimum Gasteiger partial charge on any atom is -0.481 e. The van der Waals surface area contributed by atoms with Crippen molar-refractivity contribution in [2.24, 2.45) is 5.92 Å². The second kappa shape index (κ2) is 6.36. The van der Waals surface area contributed by atoms with Gasteiger partial charge in [-0.3, -0.25) is 4.79 Å². The van der Waals surface area contributed by atoms with E-state index in [2.05, 4.69) is 30.5 Å². The van der Waals surface area contributed by atoms with Gasteiger partial charge in [0.2, 0.25) is 0 Å². The normalized spacial score (nSPS) is 15.9. The third-order valence-corrected chi connectivity index (χ3v) is 5.15. The maximum atomic E-state index is 10.8. The number of carboxylic acids is 1. The van der Waals surface area contributed by atoms with Crippen molar-refractivity contribution >= 4 is 44.8 Å². The van der Waals surface area contributed by atoms with Crippen molar-refractivity contribution in [3.63, 3.8) is 0 Å². The number of nitrogens with zero attached hydrogens (tertiary/aromatic N) is 3. The molecule has 1 aliphatic carbocycles. The number of carboxylic acid groups (broad SMARTS) is 1. The molecule has 0 atom stereocenters. The van der Waals surface area contributed by atoms with Gasteiger partial charge in [-0.25, -0.2) is 9.97 Å². The lowest BCUT2D eigenvalue weighted by atomic mass is 10.1. The summed E-state index contributed by atoms with van der Waals surface area (Å²) in [7, 11) is 0. The quantitative estimate of drug-likeness (QED) is 0.816. The molecular formula is C14H16BrN3O2S. The van der Waals surface area contributed by atoms with E-state index < -0.39 is 5.97 Å². The van der Waals surface area contributed by atoms with Crippen LogP contribution in [0.25, 0.3) is 11.2 Å². The molecule has 0 unspecified atom stereocenters. The van der Waals surface area contributed by atoms with Gasteiger partial charge in [-0.2, -0.15) is 0 Å². The van der Waals surface area contributed by atoms with Crippen LogP contribution in [-0.2, 0) is 11.3 Å². The largest absolute Gasteiger partial charge is 0.481 e. The van der Waals surface area contributed by atoms with Gasteiger partial charge < -0.3 is 9.67 Å². The van der Waals surface area contributed by atoms with Gasteiger partial charge in [0, 0.05) is 17.2 Å². The summed E-state index contributed by atoms with van der Waals surface area (Å²) < 4.78 is 2.97. The first kappa shape index (κ1) is 14.8. The molecule has 112 valence electrons. The topological polar surface area (TPSA) is 68.0 Å². The lowest BCUT2D eigenvalue weighted by molar-refractivity contribution is -0.133. The highest BCUT2D eigenvalue weighted by Crippen LogP contribution is 2.31. The lowest BCUT2D eigenvalue weighted by Crippen LogP contribution is -2.10. The first-order valence-corrected chi connectivity index (χ1v) is 8.77. The van der Waals surface area contributed by atoms with Crippen molar-refractivity contribution in [2.45, 2.75) is 37.4 Å². The summed E-state index contributed by atoms with van der Waals surface area (Å²) in [5.74, 6) is -0.152. The fraction of sp³-hybridized carbons (Fsp3) is 0.500. The molecule has 0 amide bonds. The molecular weight excluding hydrogens is 354 g/mol. The summed E-state index contributed by atoms with van der Waals surface area (Å²) in [6, 6.07) is 1.93. The van der Waals surface area contributed by atoms with Crippen molar-refractivity contribution in [1.29, 1.82) is 0 Å². The van der Waals surface area contributed by atoms with Crippen LogP contribution in [0, 0.1) is 5.92 Å². The van der Waals surface area contributed by atoms with Crippen LogP contribution in [-0.4, -0.2) is 31.4 Å². The van der Waals surface area contributed by atoms with Crippen LogP contribution < -0.4 is 0 Å². The smallest absolute Gasteiger partial charge is 0.313 e. The fourth-order valence-corrected chi connectivity index (χ4v) is 3.87. The summed E-state index contributed by atoms with van der Waals surface area (Å²) in [5.41, 5.74) is 1.66. The number of aromatic nitrogens is 3. The number of thioether (sulfide) groups is 1. The number of carbonyl (C=O) groups is 1. The standard InChI is InChI=1S/C14H16BrN3O2S/c15-10-5-11-13(16-6-10)18(7-9-3-1-2-4-9)14(17-11)21-8-12(19)20/h5-6,9H,1-4,7-8H2,(H,19,20). The average Bonchev–Trinajstić information content (AvgIpc) is 3.05. The van der Waals surface area contributed by atoms with E-state index in [1.54, 1.807) is 6.20 Å². The highest BCUT2D eigenvalue weighted by molar-refractivity contribution is 9.10. The van der Waals surface area contributed by atoms with E-state index in [4.69, 9.17) is 5.11 Å². The van der Waals surface area contributed by atoms with E-state index in [-0.39, 0.29) is 5.75 Å². The van der Waals surface area contributed by atoms with E-state index in [1.165, 1.54) is 37.4 Å². The van der Waals surface area contributed by atoms with Gasteiger partial charge >= 0.3 is 5.97 Å². The van der Waals surface area contributed by atoms with Gasteiger partial charge in [0.1, 0.15) is 5.52 Å². The third kappa shape index (κ3) is 3.40. The Morgan fingerprint density at radius 2 is 2.24 bits per heavy atom. The van der Waals surface area contributed by atoms with Gasteiger partial charge in [0.25, 0.3) is 0 Å². The van der Waals surface area contributed by atoms with Gasteiger partial charge in [0.05, 0.1) is 5.75 Å². The lowest BCUT2D eigenvalue weighted by Gasteiger charge is -2.12. The molecule has 0 saturated heterocycles. The van der Waals surface area contributed by atoms with E-state index >= 15 is 0 Å². The minimum absolute atomic E-state index is 0.0230. The summed E-state index contributed by atoms with van der Waals surface area (Å²) in [4.78, 5) is 19.8. The molecule has 0 radical (unpaired) electrons. The molecule has 21 heavy (non-hydrogen) atoms. The van der Waals surface area contributed by atoms with Crippen LogP contribution in [0.5, 0.6) is 0 Å². The predicted molar refractivity (Wildman–Crippen MR) is 85.5 cm³/mol. The van der Waals surface area contributed by atoms with Crippen molar-refractivity contribution in [1.82, 2.24) is 14.5 Å². The number of halogens is 1. The number of aliphatic carboxylic acids is 1. The maximum Gasteiger partial charge on any atom is 0.313 e. The molecule has 0 spiro atoms. The van der Waals surface area contributed by atoms with Crippen LogP contribution in [0.15, 0.2) is 21.9 Å². The third-order valence-electron chi connectivity index (χ3n) is 3.76. The fourth-order valence-electron chi connectivity index (χ4n) is 2.82. The zero-order chi connectivity index (χ0) is 14.8. The Labute approximate surface area is 135 Å². The summed E-state index contributed by atoms with van der Waals surface area (Å²) in [5, 5.41) is 9.64. The van der Waals surface area contributed by atoms with E-state index in [9.17, 15) is 4.79 Å². The van der Waals surface area contributed by atoms with E-state index in [0.717, 1.165) is 27.3 Å². The van der Waals surface area contributed by atoms with Gasteiger partial charge in [-0.15, -0.1) is 0 Å². The average molecular weight is 370 g/mol. The molecule has 1 N–H and O–H groups in total. The Morgan fingerprint density at radius 3 is 2.95 bits per heavy atom. The maximum absolute atomic E-state index is 10.8.